The average Bonchev–Trinajstić information content (AvgIpc) is 2.12. The molecule has 0 fully saturated rings. The monoisotopic (exact) mass is 178 g/mol. The minimum absolute atomic E-state index is 0.0104. The normalized spacial score (nSPS) is 11.7. The molecule has 56 valence electrons. The van der Waals surface area contributed by atoms with Crippen LogP contribution in [-0.4, -0.2) is 24.3 Å². The molecule has 0 aliphatic heterocycles. The summed E-state index contributed by atoms with van der Waals surface area (Å²) in [5, 5.41) is 5.22. The van der Waals surface area contributed by atoms with Crippen LogP contribution in [0.15, 0.2) is 5.38 Å². The van der Waals surface area contributed by atoms with E-state index in [1.807, 2.05) is 0 Å². The van der Waals surface area contributed by atoms with Crippen molar-refractivity contribution in [3.05, 3.63) is 11.1 Å². The zero-order chi connectivity index (χ0) is 7.61. The molecule has 10 heavy (non-hydrogen) atoms. The van der Waals surface area contributed by atoms with Gasteiger partial charge in [-0.15, -0.1) is 5.10 Å². The van der Waals surface area contributed by atoms with Gasteiger partial charge in [0.25, 0.3) is 0 Å². The van der Waals surface area contributed by atoms with Crippen LogP contribution in [0.2, 0.25) is 0 Å². The number of sulfone groups is 1. The van der Waals surface area contributed by atoms with E-state index in [0.717, 1.165) is 11.5 Å². The van der Waals surface area contributed by atoms with Gasteiger partial charge in [-0.25, -0.2) is 8.42 Å². The fourth-order valence-electron chi connectivity index (χ4n) is 0.516. The van der Waals surface area contributed by atoms with E-state index in [4.69, 9.17) is 0 Å². The molecular weight excluding hydrogens is 172 g/mol. The molecule has 0 unspecified atom stereocenters. The van der Waals surface area contributed by atoms with Gasteiger partial charge in [-0.05, 0) is 11.5 Å². The number of hydrogen-bond donors (Lipinski definition) is 0. The lowest BCUT2D eigenvalue weighted by Crippen LogP contribution is -2.00. The number of rotatable bonds is 2. The summed E-state index contributed by atoms with van der Waals surface area (Å²) in [5.74, 6) is -0.0104. The molecular formula is C4H6N2O2S2. The third-order valence-electron chi connectivity index (χ3n) is 0.815. The third-order valence-corrected chi connectivity index (χ3v) is 2.19. The lowest BCUT2D eigenvalue weighted by molar-refractivity contribution is 0.600. The largest absolute Gasteiger partial charge is 0.229 e. The summed E-state index contributed by atoms with van der Waals surface area (Å²) in [7, 11) is -2.94. The van der Waals surface area contributed by atoms with Crippen molar-refractivity contribution in [2.24, 2.45) is 0 Å². The SMILES string of the molecule is CS(=O)(=O)Cc1csnn1. The standard InChI is InChI=1S/C4H6N2O2S2/c1-10(7,8)3-4-2-9-6-5-4/h2H,3H2,1H3. The lowest BCUT2D eigenvalue weighted by Gasteiger charge is -1.88. The molecule has 0 spiro atoms. The van der Waals surface area contributed by atoms with Crippen LogP contribution in [-0.2, 0) is 15.6 Å². The van der Waals surface area contributed by atoms with Gasteiger partial charge in [-0.3, -0.25) is 0 Å². The number of hydrogen-bond acceptors (Lipinski definition) is 5. The highest BCUT2D eigenvalue weighted by Gasteiger charge is 2.05. The molecule has 1 rings (SSSR count). The second-order valence-corrected chi connectivity index (χ2v) is 4.72. The highest BCUT2D eigenvalue weighted by Crippen LogP contribution is 2.01. The molecule has 0 saturated carbocycles. The Balaban J connectivity index is 2.75. The van der Waals surface area contributed by atoms with Crippen LogP contribution in [0.3, 0.4) is 0 Å². The molecule has 0 N–H and O–H groups in total. The van der Waals surface area contributed by atoms with Crippen molar-refractivity contribution >= 4 is 21.4 Å². The van der Waals surface area contributed by atoms with Gasteiger partial charge in [0.05, 0.1) is 11.4 Å². The van der Waals surface area contributed by atoms with E-state index >= 15 is 0 Å². The van der Waals surface area contributed by atoms with Crippen molar-refractivity contribution in [1.82, 2.24) is 9.59 Å². The zero-order valence-corrected chi connectivity index (χ0v) is 6.94. The van der Waals surface area contributed by atoms with Crippen LogP contribution >= 0.6 is 11.5 Å². The van der Waals surface area contributed by atoms with Crippen molar-refractivity contribution < 1.29 is 8.42 Å². The maximum atomic E-state index is 10.6. The van der Waals surface area contributed by atoms with E-state index in [9.17, 15) is 8.42 Å². The van der Waals surface area contributed by atoms with Crippen LogP contribution in [0, 0.1) is 0 Å². The summed E-state index contributed by atoms with van der Waals surface area (Å²) in [4.78, 5) is 0. The Morgan fingerprint density at radius 2 is 2.40 bits per heavy atom. The number of aromatic nitrogens is 2. The predicted molar refractivity (Wildman–Crippen MR) is 38.5 cm³/mol. The van der Waals surface area contributed by atoms with Crippen LogP contribution in [0.5, 0.6) is 0 Å². The molecule has 0 aliphatic rings. The number of nitrogens with zero attached hydrogens (tertiary/aromatic N) is 2. The van der Waals surface area contributed by atoms with E-state index in [1.54, 1.807) is 5.38 Å². The van der Waals surface area contributed by atoms with Crippen molar-refractivity contribution in [2.75, 3.05) is 6.26 Å². The Morgan fingerprint density at radius 3 is 2.80 bits per heavy atom. The van der Waals surface area contributed by atoms with Gasteiger partial charge in [0.2, 0.25) is 0 Å². The Kier molecular flexibility index (Phi) is 2.00. The molecule has 0 atom stereocenters. The van der Waals surface area contributed by atoms with Gasteiger partial charge in [0, 0.05) is 11.6 Å². The van der Waals surface area contributed by atoms with Crippen LogP contribution in [0.25, 0.3) is 0 Å². The molecule has 1 heterocycles. The van der Waals surface area contributed by atoms with Gasteiger partial charge in [-0.2, -0.15) is 0 Å². The second-order valence-electron chi connectivity index (χ2n) is 1.97. The van der Waals surface area contributed by atoms with Crippen molar-refractivity contribution in [3.8, 4) is 0 Å². The zero-order valence-electron chi connectivity index (χ0n) is 5.31. The van der Waals surface area contributed by atoms with E-state index < -0.39 is 9.84 Å². The Labute approximate surface area is 63.0 Å². The molecule has 0 radical (unpaired) electrons. The summed E-state index contributed by atoms with van der Waals surface area (Å²) in [6, 6.07) is 0. The van der Waals surface area contributed by atoms with Gasteiger partial charge in [0.15, 0.2) is 9.84 Å². The Morgan fingerprint density at radius 1 is 1.70 bits per heavy atom. The maximum Gasteiger partial charge on any atom is 0.153 e. The summed E-state index contributed by atoms with van der Waals surface area (Å²) in [5.41, 5.74) is 0.521. The van der Waals surface area contributed by atoms with Crippen LogP contribution < -0.4 is 0 Å². The Hall–Kier alpha value is -0.490. The molecule has 0 aliphatic carbocycles. The van der Waals surface area contributed by atoms with Crippen LogP contribution in [0.4, 0.5) is 0 Å². The quantitative estimate of drug-likeness (QED) is 0.643. The highest BCUT2D eigenvalue weighted by molar-refractivity contribution is 7.89. The first-order chi connectivity index (χ1) is 4.58. The van der Waals surface area contributed by atoms with E-state index in [1.165, 1.54) is 6.26 Å². The lowest BCUT2D eigenvalue weighted by atomic mass is 10.6. The summed E-state index contributed by atoms with van der Waals surface area (Å²) in [6.45, 7) is 0. The first-order valence-corrected chi connectivity index (χ1v) is 5.41. The molecule has 1 aromatic rings. The predicted octanol–water partition coefficient (Wildman–Crippen LogP) is 0.0827. The van der Waals surface area contributed by atoms with E-state index in [2.05, 4.69) is 9.59 Å². The summed E-state index contributed by atoms with van der Waals surface area (Å²) >= 11 is 1.15. The van der Waals surface area contributed by atoms with Gasteiger partial charge in [0.1, 0.15) is 0 Å². The van der Waals surface area contributed by atoms with Gasteiger partial charge in [-0.1, -0.05) is 4.49 Å². The molecule has 4 nitrogen and oxygen atoms in total. The van der Waals surface area contributed by atoms with E-state index in [0.29, 0.717) is 5.69 Å². The molecule has 0 bridgehead atoms. The first-order valence-electron chi connectivity index (χ1n) is 2.51. The molecule has 0 aromatic carbocycles. The fourth-order valence-corrected chi connectivity index (χ4v) is 1.75. The fraction of sp³-hybridized carbons (Fsp3) is 0.500. The smallest absolute Gasteiger partial charge is 0.153 e. The average molecular weight is 178 g/mol. The summed E-state index contributed by atoms with van der Waals surface area (Å²) in [6.07, 6.45) is 1.17. The van der Waals surface area contributed by atoms with Crippen LogP contribution in [0.1, 0.15) is 5.69 Å². The molecule has 6 heteroatoms. The first kappa shape index (κ1) is 7.62. The molecule has 0 saturated heterocycles. The van der Waals surface area contributed by atoms with Crippen molar-refractivity contribution in [2.45, 2.75) is 5.75 Å². The van der Waals surface area contributed by atoms with Gasteiger partial charge < -0.3 is 0 Å². The maximum absolute atomic E-state index is 10.6. The molecule has 0 amide bonds. The van der Waals surface area contributed by atoms with E-state index in [-0.39, 0.29) is 5.75 Å². The highest BCUT2D eigenvalue weighted by atomic mass is 32.2. The van der Waals surface area contributed by atoms with Gasteiger partial charge >= 0.3 is 0 Å². The Bertz CT molecular complexity index is 289. The van der Waals surface area contributed by atoms with Crippen molar-refractivity contribution in [3.63, 3.8) is 0 Å². The minimum atomic E-state index is -2.94. The second kappa shape index (κ2) is 2.63. The summed E-state index contributed by atoms with van der Waals surface area (Å²) < 4.78 is 24.8. The minimum Gasteiger partial charge on any atom is -0.229 e. The third kappa shape index (κ3) is 2.40. The van der Waals surface area contributed by atoms with Crippen molar-refractivity contribution in [1.29, 1.82) is 0 Å². The molecule has 1 aromatic heterocycles. The topological polar surface area (TPSA) is 59.9 Å².